The minimum atomic E-state index is -5.84. The second-order valence-electron chi connectivity index (χ2n) is 15.1. The summed E-state index contributed by atoms with van der Waals surface area (Å²) in [4.78, 5) is 2.28. The van der Waals surface area contributed by atoms with E-state index in [0.29, 0.717) is 19.6 Å². The Morgan fingerprint density at radius 1 is 0.532 bits per heavy atom. The van der Waals surface area contributed by atoms with Crippen molar-refractivity contribution in [2.45, 2.75) is 49.6 Å². The fraction of sp³-hybridized carbons (Fsp3) is 0.106. The molecule has 0 aliphatic carbocycles. The monoisotopic (exact) mass is 1380 g/mol. The molecule has 1 N–H and O–H groups in total. The molecule has 7 aromatic rings. The van der Waals surface area contributed by atoms with Crippen molar-refractivity contribution in [2.24, 2.45) is 0 Å². The zero-order chi connectivity index (χ0) is 58.1. The van der Waals surface area contributed by atoms with Crippen LogP contribution in [-0.2, 0) is 45.8 Å². The molecule has 424 valence electrons. The van der Waals surface area contributed by atoms with E-state index in [2.05, 4.69) is 22.0 Å². The first-order valence-corrected chi connectivity index (χ1v) is 29.8. The SMILES string of the molecule is C[Si](C)(C)OS(C)(=O)=O.Fc1c[c-]cc(F)c1F.Fc1cc(Br)cc(F)c1F.Fc1ccc([S+](c2ccc(F)cc2)c2cc(F)c(F)c(F)c2)cc1.O=S(=O)(O)C(F)(F)F.O=S(c1ccc(F)cc1)c1ccc(F)cc1.[Br-].[H-].[H-].[Mg+2].[Mg+2]. The molecule has 0 saturated heterocycles. The van der Waals surface area contributed by atoms with Gasteiger partial charge in [0, 0.05) is 38.0 Å². The first-order chi connectivity index (χ1) is 34.9. The molecule has 0 amide bonds. The largest absolute Gasteiger partial charge is 2.00 e. The van der Waals surface area contributed by atoms with E-state index in [1.807, 2.05) is 19.6 Å². The maximum Gasteiger partial charge on any atom is 2.00 e. The quantitative estimate of drug-likeness (QED) is 0.0247. The minimum absolute atomic E-state index is 0. The predicted molar refractivity (Wildman–Crippen MR) is 269 cm³/mol. The van der Waals surface area contributed by atoms with Gasteiger partial charge in [-0.3, -0.25) is 13.3 Å². The Hall–Kier alpha value is -3.55. The second-order valence-corrected chi connectivity index (χ2v) is 27.2. The van der Waals surface area contributed by atoms with Crippen molar-refractivity contribution < 1.29 is 120 Å². The van der Waals surface area contributed by atoms with Gasteiger partial charge in [-0.2, -0.15) is 27.7 Å². The number of hydrogen-bond acceptors (Lipinski definition) is 6. The third-order valence-corrected chi connectivity index (χ3v) is 15.7. The number of benzene rings is 7. The van der Waals surface area contributed by atoms with Crippen LogP contribution in [0.2, 0.25) is 19.6 Å². The van der Waals surface area contributed by atoms with Gasteiger partial charge in [0.25, 0.3) is 10.1 Å². The molecule has 0 radical (unpaired) electrons. The van der Waals surface area contributed by atoms with Crippen LogP contribution >= 0.6 is 15.9 Å². The summed E-state index contributed by atoms with van der Waals surface area (Å²) < 4.78 is 260. The van der Waals surface area contributed by atoms with Crippen molar-refractivity contribution in [1.29, 1.82) is 0 Å². The first-order valence-electron chi connectivity index (χ1n) is 20.0. The molecule has 7 rings (SSSR count). The van der Waals surface area contributed by atoms with Crippen LogP contribution < -0.4 is 17.0 Å². The van der Waals surface area contributed by atoms with Crippen LogP contribution in [0.25, 0.3) is 0 Å². The molecule has 0 spiro atoms. The Morgan fingerprint density at radius 3 is 1.04 bits per heavy atom. The molecule has 0 aromatic heterocycles. The predicted octanol–water partition coefficient (Wildman–Crippen LogP) is 11.0. The van der Waals surface area contributed by atoms with E-state index in [1.165, 1.54) is 97.1 Å². The molecule has 0 bridgehead atoms. The molecular formula is C47H37Br2F16Mg2O7S4Si+. The molecule has 0 aliphatic heterocycles. The van der Waals surface area contributed by atoms with Crippen molar-refractivity contribution >= 4 is 112 Å². The standard InChI is InChI=1S/C18H10F5S.C12H8F2OS.C6H2BrF3.C6H2F3.C4H12O3SSi.CHF3O3S.BrH.2Mg.2H/c19-11-1-5-13(6-2-11)24(14-7-3-12(20)4-8-14)15-9-16(21)18(23)17(22)10-15;13-9-1-5-11(6-2-9)16(15)12-7-3-10(14)4-8-12;7-3-1-4(8)6(10)5(9)2-3;7-4-2-1-3-5(8)6(4)9;1-8(5,6)7-9(2,3)4;2-1(3,4)8(5,6)7;;;;;/h1-10H;1-8H;1-2H;2-3H;1-4H3;(H,5,6,7);1H;;;;/q+1;;;-1;;;;2*+2;2*-1/p-1. The Morgan fingerprint density at radius 2 is 0.797 bits per heavy atom. The van der Waals surface area contributed by atoms with Gasteiger partial charge in [0.1, 0.15) is 23.3 Å². The van der Waals surface area contributed by atoms with Crippen LogP contribution in [0, 0.1) is 81.7 Å². The van der Waals surface area contributed by atoms with Gasteiger partial charge in [0.15, 0.2) is 49.6 Å². The van der Waals surface area contributed by atoms with Crippen LogP contribution in [0.1, 0.15) is 2.85 Å². The van der Waals surface area contributed by atoms with Gasteiger partial charge >= 0.3 is 61.7 Å². The minimum Gasteiger partial charge on any atom is -1.00 e. The third kappa shape index (κ3) is 28.3. The van der Waals surface area contributed by atoms with E-state index in [1.54, 1.807) is 0 Å². The molecule has 7 aromatic carbocycles. The molecule has 32 heteroatoms. The summed E-state index contributed by atoms with van der Waals surface area (Å²) >= 11 is 2.80. The van der Waals surface area contributed by atoms with Gasteiger partial charge in [0.05, 0.1) is 33.8 Å². The topological polar surface area (TPSA) is 115 Å². The van der Waals surface area contributed by atoms with Crippen LogP contribution in [0.5, 0.6) is 0 Å². The Labute approximate surface area is 503 Å². The van der Waals surface area contributed by atoms with Crippen molar-refractivity contribution in [3.63, 3.8) is 0 Å². The molecule has 0 unspecified atom stereocenters. The summed E-state index contributed by atoms with van der Waals surface area (Å²) in [6, 6.07) is 28.6. The van der Waals surface area contributed by atoms with Gasteiger partial charge in [-0.15, -0.1) is 12.1 Å². The van der Waals surface area contributed by atoms with Gasteiger partial charge < -0.3 is 23.7 Å². The van der Waals surface area contributed by atoms with Crippen molar-refractivity contribution in [1.82, 2.24) is 0 Å². The molecular weight excluding hydrogens is 1350 g/mol. The summed E-state index contributed by atoms with van der Waals surface area (Å²) in [5, 5.41) is 0. The van der Waals surface area contributed by atoms with E-state index in [0.717, 1.165) is 42.7 Å². The van der Waals surface area contributed by atoms with Crippen LogP contribution in [0.4, 0.5) is 70.2 Å². The number of halogens is 18. The average Bonchev–Trinajstić information content (AvgIpc) is 3.30. The summed E-state index contributed by atoms with van der Waals surface area (Å²) in [6.45, 7) is 5.48. The Bertz CT molecular complexity index is 3140. The van der Waals surface area contributed by atoms with E-state index < -0.39 is 120 Å². The number of alkyl halides is 3. The zero-order valence-corrected chi connectivity index (χ0v) is 50.7. The normalized spacial score (nSPS) is 10.9. The fourth-order valence-corrected chi connectivity index (χ4v) is 12.0. The number of rotatable bonds is 7. The van der Waals surface area contributed by atoms with Gasteiger partial charge in [-0.1, -0.05) is 15.9 Å². The summed E-state index contributed by atoms with van der Waals surface area (Å²) in [5.74, 6) is -13.5. The Kier molecular flexibility index (Phi) is 34.1. The van der Waals surface area contributed by atoms with Crippen molar-refractivity contribution in [3.8, 4) is 0 Å². The smallest absolute Gasteiger partial charge is 1.00 e. The third-order valence-electron chi connectivity index (χ3n) is 7.83. The maximum absolute atomic E-state index is 13.6. The number of hydrogen-bond donors (Lipinski definition) is 1. The molecule has 79 heavy (non-hydrogen) atoms. The molecule has 0 fully saturated rings. The maximum atomic E-state index is 13.6. The van der Waals surface area contributed by atoms with Gasteiger partial charge in [-0.05, 0) is 129 Å². The van der Waals surface area contributed by atoms with E-state index in [-0.39, 0.29) is 86.9 Å². The Balaban J connectivity index is -0.000000458. The molecule has 7 nitrogen and oxygen atoms in total. The fourth-order valence-electron chi connectivity index (χ4n) is 4.86. The van der Waals surface area contributed by atoms with Crippen LogP contribution in [0.3, 0.4) is 0 Å². The molecule has 0 aliphatic rings. The van der Waals surface area contributed by atoms with Crippen LogP contribution in [0.15, 0.2) is 162 Å². The van der Waals surface area contributed by atoms with E-state index >= 15 is 0 Å². The molecule has 0 heterocycles. The van der Waals surface area contributed by atoms with Crippen molar-refractivity contribution in [2.75, 3.05) is 6.26 Å². The van der Waals surface area contributed by atoms with E-state index in [9.17, 15) is 82.9 Å². The molecule has 0 saturated carbocycles. The first kappa shape index (κ1) is 77.5. The average molecular weight is 1380 g/mol. The zero-order valence-electron chi connectivity index (χ0n) is 42.4. The summed E-state index contributed by atoms with van der Waals surface area (Å²) in [6.07, 6.45) is 1.07. The van der Waals surface area contributed by atoms with Crippen LogP contribution in [-0.4, -0.2) is 91.8 Å². The van der Waals surface area contributed by atoms with Gasteiger partial charge in [-0.25, -0.2) is 60.9 Å². The molecule has 0 atom stereocenters. The second kappa shape index (κ2) is 34.8. The van der Waals surface area contributed by atoms with E-state index in [4.69, 9.17) is 16.8 Å². The van der Waals surface area contributed by atoms with Gasteiger partial charge in [0.2, 0.25) is 8.32 Å². The van der Waals surface area contributed by atoms with Crippen molar-refractivity contribution in [3.05, 3.63) is 220 Å². The summed E-state index contributed by atoms with van der Waals surface area (Å²) in [5.41, 5.74) is -5.53. The summed E-state index contributed by atoms with van der Waals surface area (Å²) in [7, 11) is -13.4.